The Kier molecular flexibility index (Phi) is 7.29. The zero-order chi connectivity index (χ0) is 24.5. The van der Waals surface area contributed by atoms with E-state index in [1.807, 2.05) is 67.7 Å². The van der Waals surface area contributed by atoms with Crippen LogP contribution in [-0.4, -0.2) is 9.97 Å². The van der Waals surface area contributed by atoms with Crippen LogP contribution in [0.3, 0.4) is 0 Å². The Morgan fingerprint density at radius 3 is 2.43 bits per heavy atom. The van der Waals surface area contributed by atoms with Gasteiger partial charge in [-0.3, -0.25) is 0 Å². The van der Waals surface area contributed by atoms with Crippen LogP contribution >= 0.6 is 11.3 Å². The summed E-state index contributed by atoms with van der Waals surface area (Å²) >= 11 is 1.80. The number of benzene rings is 3. The number of hydrogen-bond acceptors (Lipinski definition) is 4. The van der Waals surface area contributed by atoms with E-state index >= 15 is 0 Å². The number of rotatable bonds is 2. The summed E-state index contributed by atoms with van der Waals surface area (Å²) in [6.45, 7) is 4.17. The van der Waals surface area contributed by atoms with Crippen LogP contribution < -0.4 is 0 Å². The van der Waals surface area contributed by atoms with Crippen LogP contribution in [0.5, 0.6) is 0 Å². The van der Waals surface area contributed by atoms with Crippen LogP contribution in [-0.2, 0) is 20.1 Å². The second kappa shape index (κ2) is 10.8. The van der Waals surface area contributed by atoms with E-state index in [9.17, 15) is 0 Å². The molecule has 37 heavy (non-hydrogen) atoms. The quantitative estimate of drug-likeness (QED) is 0.172. The standard InChI is InChI=1S/C20H12NOS.C12H10N.Ir/c1-12-9-13-10-16-14-5-4-6-15(17-7-2-3-8-21-17)20(14)22-18(16)11-19(13)23-12;1-10-7-8-12(13-9-10)11-5-3-2-4-6-11;/h2-5,7-11H,1H3;2-5,7-9H,1H3;/q2*-1;. The van der Waals surface area contributed by atoms with Crippen molar-refractivity contribution in [1.29, 1.82) is 0 Å². The summed E-state index contributed by atoms with van der Waals surface area (Å²) in [5.41, 5.74) is 6.78. The summed E-state index contributed by atoms with van der Waals surface area (Å²) < 4.78 is 7.45. The second-order valence-corrected chi connectivity index (χ2v) is 9.94. The van der Waals surface area contributed by atoms with Crippen LogP contribution in [0, 0.1) is 26.0 Å². The predicted molar refractivity (Wildman–Crippen MR) is 149 cm³/mol. The Hall–Kier alpha value is -3.63. The Labute approximate surface area is 233 Å². The Morgan fingerprint density at radius 1 is 0.784 bits per heavy atom. The van der Waals surface area contributed by atoms with Gasteiger partial charge in [0, 0.05) is 47.5 Å². The van der Waals surface area contributed by atoms with Gasteiger partial charge < -0.3 is 14.4 Å². The van der Waals surface area contributed by atoms with Crippen molar-refractivity contribution in [2.75, 3.05) is 0 Å². The largest absolute Gasteiger partial charge is 0.501 e. The maximum absolute atomic E-state index is 6.19. The van der Waals surface area contributed by atoms with Crippen molar-refractivity contribution < 1.29 is 24.5 Å². The Bertz CT molecular complexity index is 1790. The Morgan fingerprint density at radius 2 is 1.68 bits per heavy atom. The molecule has 3 nitrogen and oxygen atoms in total. The summed E-state index contributed by atoms with van der Waals surface area (Å²) in [5.74, 6) is 0. The SMILES string of the molecule is Cc1cc2cc3c(cc2s1)oc1c(-c2ccccn2)[c-]ccc13.Cc1ccc(-c2[c-]cccc2)nc1.[Ir]. The zero-order valence-corrected chi connectivity index (χ0v) is 23.5. The van der Waals surface area contributed by atoms with E-state index in [0.717, 1.165) is 44.5 Å². The van der Waals surface area contributed by atoms with E-state index in [1.54, 1.807) is 17.5 Å². The minimum atomic E-state index is 0. The molecule has 0 saturated heterocycles. The first-order chi connectivity index (χ1) is 17.7. The van der Waals surface area contributed by atoms with E-state index in [1.165, 1.54) is 20.5 Å². The fourth-order valence-corrected chi connectivity index (χ4v) is 5.22. The van der Waals surface area contributed by atoms with E-state index in [2.05, 4.69) is 59.4 Å². The van der Waals surface area contributed by atoms with Crippen LogP contribution in [0.2, 0.25) is 0 Å². The normalized spacial score (nSPS) is 10.8. The van der Waals surface area contributed by atoms with Gasteiger partial charge in [0.15, 0.2) is 0 Å². The van der Waals surface area contributed by atoms with Gasteiger partial charge >= 0.3 is 0 Å². The third-order valence-corrected chi connectivity index (χ3v) is 7.02. The van der Waals surface area contributed by atoms with E-state index in [0.29, 0.717) is 0 Å². The van der Waals surface area contributed by atoms with Gasteiger partial charge in [0.2, 0.25) is 0 Å². The number of nitrogens with zero attached hydrogens (tertiary/aromatic N) is 2. The van der Waals surface area contributed by atoms with Crippen molar-refractivity contribution in [1.82, 2.24) is 9.97 Å². The minimum absolute atomic E-state index is 0. The molecule has 1 radical (unpaired) electrons. The molecule has 0 aliphatic rings. The van der Waals surface area contributed by atoms with Gasteiger partial charge in [-0.25, -0.2) is 0 Å². The monoisotopic (exact) mass is 675 g/mol. The zero-order valence-electron chi connectivity index (χ0n) is 20.3. The van der Waals surface area contributed by atoms with Gasteiger partial charge in [0.25, 0.3) is 0 Å². The molecule has 0 spiro atoms. The maximum atomic E-state index is 6.19. The molecule has 5 heteroatoms. The van der Waals surface area contributed by atoms with Gasteiger partial charge in [-0.2, -0.15) is 0 Å². The molecule has 0 amide bonds. The van der Waals surface area contributed by atoms with Gasteiger partial charge in [0.05, 0.1) is 5.58 Å². The topological polar surface area (TPSA) is 38.9 Å². The van der Waals surface area contributed by atoms with Crippen molar-refractivity contribution in [2.45, 2.75) is 13.8 Å². The average Bonchev–Trinajstić information content (AvgIpc) is 3.47. The number of furan rings is 1. The molecule has 0 fully saturated rings. The molecule has 4 heterocycles. The summed E-state index contributed by atoms with van der Waals surface area (Å²) in [6.07, 6.45) is 3.67. The van der Waals surface area contributed by atoms with Crippen LogP contribution in [0.1, 0.15) is 10.4 Å². The molecule has 0 unspecified atom stereocenters. The smallest absolute Gasteiger partial charge is 0.122 e. The minimum Gasteiger partial charge on any atom is -0.501 e. The third-order valence-electron chi connectivity index (χ3n) is 6.01. The van der Waals surface area contributed by atoms with Gasteiger partial charge in [0.1, 0.15) is 5.58 Å². The first kappa shape index (κ1) is 25.0. The fraction of sp³-hybridized carbons (Fsp3) is 0.0625. The van der Waals surface area contributed by atoms with Crippen molar-refractivity contribution in [3.05, 3.63) is 120 Å². The summed E-state index contributed by atoms with van der Waals surface area (Å²) in [7, 11) is 0. The molecule has 0 atom stereocenters. The number of aromatic nitrogens is 2. The van der Waals surface area contributed by atoms with Gasteiger partial charge in [-0.15, -0.1) is 65.4 Å². The Balaban J connectivity index is 0.000000172. The van der Waals surface area contributed by atoms with Crippen LogP contribution in [0.25, 0.3) is 54.5 Å². The van der Waals surface area contributed by atoms with Crippen LogP contribution in [0.15, 0.2) is 102 Å². The number of thiophene rings is 1. The molecule has 4 aromatic heterocycles. The first-order valence-corrected chi connectivity index (χ1v) is 12.6. The molecule has 0 bridgehead atoms. The van der Waals surface area contributed by atoms with Crippen molar-refractivity contribution in [3.8, 4) is 22.5 Å². The second-order valence-electron chi connectivity index (χ2n) is 8.65. The van der Waals surface area contributed by atoms with Crippen molar-refractivity contribution in [2.24, 2.45) is 0 Å². The van der Waals surface area contributed by atoms with E-state index in [-0.39, 0.29) is 20.1 Å². The van der Waals surface area contributed by atoms with Crippen molar-refractivity contribution in [3.63, 3.8) is 0 Å². The molecular formula is C32H22IrN2OS-2. The van der Waals surface area contributed by atoms with Crippen molar-refractivity contribution >= 4 is 43.4 Å². The molecule has 0 aliphatic carbocycles. The number of hydrogen-bond donors (Lipinski definition) is 0. The third kappa shape index (κ3) is 5.12. The maximum Gasteiger partial charge on any atom is 0.122 e. The molecule has 0 N–H and O–H groups in total. The summed E-state index contributed by atoms with van der Waals surface area (Å²) in [5, 5.41) is 3.54. The molecule has 183 valence electrons. The molecule has 7 aromatic rings. The van der Waals surface area contributed by atoms with E-state index in [4.69, 9.17) is 4.42 Å². The average molecular weight is 675 g/mol. The summed E-state index contributed by atoms with van der Waals surface area (Å²) in [6, 6.07) is 34.9. The summed E-state index contributed by atoms with van der Waals surface area (Å²) in [4.78, 5) is 10.1. The molecule has 0 saturated carbocycles. The van der Waals surface area contributed by atoms with E-state index < -0.39 is 0 Å². The van der Waals surface area contributed by atoms with Gasteiger partial charge in [-0.1, -0.05) is 35.2 Å². The molecule has 7 rings (SSSR count). The molecular weight excluding hydrogens is 653 g/mol. The fourth-order valence-electron chi connectivity index (χ4n) is 4.29. The molecule has 3 aromatic carbocycles. The van der Waals surface area contributed by atoms with Crippen LogP contribution in [0.4, 0.5) is 0 Å². The number of pyridine rings is 2. The predicted octanol–water partition coefficient (Wildman–Crippen LogP) is 8.83. The number of aryl methyl sites for hydroxylation is 2. The number of fused-ring (bicyclic) bond motifs is 4. The first-order valence-electron chi connectivity index (χ1n) is 11.7. The van der Waals surface area contributed by atoms with Gasteiger partial charge in [-0.05, 0) is 60.5 Å². The molecule has 0 aliphatic heterocycles.